The number of aliphatic hydroxyl groups is 1. The summed E-state index contributed by atoms with van der Waals surface area (Å²) in [6.45, 7) is 0. The monoisotopic (exact) mass is 215 g/mol. The summed E-state index contributed by atoms with van der Waals surface area (Å²) in [7, 11) is 0. The van der Waals surface area contributed by atoms with Gasteiger partial charge in [-0.05, 0) is 12.1 Å². The molecule has 0 spiro atoms. The summed E-state index contributed by atoms with van der Waals surface area (Å²) in [5.74, 6) is 0.781. The summed E-state index contributed by atoms with van der Waals surface area (Å²) >= 11 is 0. The Bertz CT molecular complexity index is 557. The zero-order valence-electron chi connectivity index (χ0n) is 8.29. The molecule has 80 valence electrons. The Balaban J connectivity index is 2.30. The largest absolute Gasteiger partial charge is 0.460 e. The molecule has 16 heavy (non-hydrogen) atoms. The molecule has 0 amide bonds. The Morgan fingerprint density at radius 2 is 2.12 bits per heavy atom. The predicted molar refractivity (Wildman–Crippen MR) is 57.5 cm³/mol. The Morgan fingerprint density at radius 1 is 1.31 bits per heavy atom. The highest BCUT2D eigenvalue weighted by Crippen LogP contribution is 2.39. The first-order chi connectivity index (χ1) is 7.75. The molecule has 0 unspecified atom stereocenters. The molecule has 1 aromatic carbocycles. The lowest BCUT2D eigenvalue weighted by Gasteiger charge is -2.23. The molecule has 0 bridgehead atoms. The van der Waals surface area contributed by atoms with Crippen molar-refractivity contribution >= 4 is 5.95 Å². The molecule has 0 saturated heterocycles. The fourth-order valence-corrected chi connectivity index (χ4v) is 1.75. The number of fused-ring (bicyclic) bond motifs is 3. The van der Waals surface area contributed by atoms with E-state index in [0.29, 0.717) is 17.0 Å². The molecule has 0 fully saturated rings. The predicted octanol–water partition coefficient (Wildman–Crippen LogP) is 1.11. The molecule has 2 heterocycles. The van der Waals surface area contributed by atoms with Gasteiger partial charge in [0.2, 0.25) is 12.2 Å². The van der Waals surface area contributed by atoms with Crippen LogP contribution in [0.4, 0.5) is 5.95 Å². The van der Waals surface area contributed by atoms with Gasteiger partial charge in [0.25, 0.3) is 0 Å². The van der Waals surface area contributed by atoms with Crippen LogP contribution in [0.25, 0.3) is 11.3 Å². The number of aliphatic hydroxyl groups excluding tert-OH is 1. The number of benzene rings is 1. The quantitative estimate of drug-likeness (QED) is 0.688. The van der Waals surface area contributed by atoms with Crippen molar-refractivity contribution in [3.8, 4) is 17.0 Å². The van der Waals surface area contributed by atoms with E-state index in [0.717, 1.165) is 5.56 Å². The van der Waals surface area contributed by atoms with Crippen molar-refractivity contribution in [1.82, 2.24) is 9.97 Å². The smallest absolute Gasteiger partial charge is 0.227 e. The van der Waals surface area contributed by atoms with Gasteiger partial charge >= 0.3 is 0 Å². The zero-order chi connectivity index (χ0) is 11.1. The fourth-order valence-electron chi connectivity index (χ4n) is 1.75. The summed E-state index contributed by atoms with van der Waals surface area (Å²) in [6, 6.07) is 7.36. The number of hydrogen-bond donors (Lipinski definition) is 2. The van der Waals surface area contributed by atoms with Gasteiger partial charge in [-0.1, -0.05) is 12.1 Å². The van der Waals surface area contributed by atoms with Crippen LogP contribution in [0.2, 0.25) is 0 Å². The number of rotatable bonds is 0. The van der Waals surface area contributed by atoms with Gasteiger partial charge in [-0.3, -0.25) is 0 Å². The van der Waals surface area contributed by atoms with Crippen LogP contribution in [0.3, 0.4) is 0 Å². The Hall–Kier alpha value is -2.14. The standard InChI is InChI=1S/C11H9N3O2/c12-11-13-5-7-9(14-11)6-3-1-2-4-8(6)16-10(7)15/h1-5,10,15H,(H2,12,13,14)/t10-/m1/s1. The number of aromatic nitrogens is 2. The molecule has 5 nitrogen and oxygen atoms in total. The first kappa shape index (κ1) is 9.11. The van der Waals surface area contributed by atoms with Crippen LogP contribution in [0, 0.1) is 0 Å². The summed E-state index contributed by atoms with van der Waals surface area (Å²) in [6.07, 6.45) is 0.448. The van der Waals surface area contributed by atoms with Crippen LogP contribution in [0.15, 0.2) is 30.5 Å². The van der Waals surface area contributed by atoms with Crippen LogP contribution in [-0.4, -0.2) is 15.1 Å². The topological polar surface area (TPSA) is 81.3 Å². The van der Waals surface area contributed by atoms with Gasteiger partial charge in [-0.2, -0.15) is 0 Å². The van der Waals surface area contributed by atoms with Crippen molar-refractivity contribution in [1.29, 1.82) is 0 Å². The van der Waals surface area contributed by atoms with Crippen molar-refractivity contribution in [2.45, 2.75) is 6.29 Å². The van der Waals surface area contributed by atoms with Gasteiger partial charge in [0.1, 0.15) is 5.75 Å². The molecule has 3 N–H and O–H groups in total. The van der Waals surface area contributed by atoms with E-state index in [2.05, 4.69) is 9.97 Å². The molecule has 0 radical (unpaired) electrons. The normalized spacial score (nSPS) is 17.2. The summed E-state index contributed by atoms with van der Waals surface area (Å²) in [5.41, 5.74) is 7.52. The Labute approximate surface area is 91.5 Å². The van der Waals surface area contributed by atoms with Crippen molar-refractivity contribution in [3.05, 3.63) is 36.0 Å². The number of hydrogen-bond acceptors (Lipinski definition) is 5. The Kier molecular flexibility index (Phi) is 1.81. The van der Waals surface area contributed by atoms with E-state index >= 15 is 0 Å². The molecule has 1 aliphatic rings. The molecule has 3 rings (SSSR count). The number of para-hydroxylation sites is 1. The molecule has 5 heteroatoms. The second kappa shape index (κ2) is 3.18. The fraction of sp³-hybridized carbons (Fsp3) is 0.0909. The lowest BCUT2D eigenvalue weighted by Crippen LogP contribution is -2.15. The van der Waals surface area contributed by atoms with E-state index in [1.54, 1.807) is 6.07 Å². The molecular weight excluding hydrogens is 206 g/mol. The third-order valence-corrected chi connectivity index (χ3v) is 2.48. The van der Waals surface area contributed by atoms with Crippen LogP contribution in [-0.2, 0) is 0 Å². The summed E-state index contributed by atoms with van der Waals surface area (Å²) < 4.78 is 5.33. The number of nitrogen functional groups attached to an aromatic ring is 1. The van der Waals surface area contributed by atoms with Gasteiger partial charge in [0.05, 0.1) is 11.3 Å². The van der Waals surface area contributed by atoms with E-state index in [1.807, 2.05) is 18.2 Å². The second-order valence-electron chi connectivity index (χ2n) is 3.50. The van der Waals surface area contributed by atoms with Crippen molar-refractivity contribution in [2.24, 2.45) is 0 Å². The minimum atomic E-state index is -1.04. The van der Waals surface area contributed by atoms with E-state index < -0.39 is 6.29 Å². The molecule has 2 aromatic rings. The van der Waals surface area contributed by atoms with Crippen LogP contribution < -0.4 is 10.5 Å². The third-order valence-electron chi connectivity index (χ3n) is 2.48. The first-order valence-electron chi connectivity index (χ1n) is 4.82. The van der Waals surface area contributed by atoms with Crippen LogP contribution in [0.1, 0.15) is 11.9 Å². The first-order valence-corrected chi connectivity index (χ1v) is 4.82. The van der Waals surface area contributed by atoms with E-state index in [9.17, 15) is 5.11 Å². The maximum absolute atomic E-state index is 9.76. The van der Waals surface area contributed by atoms with E-state index in [-0.39, 0.29) is 5.95 Å². The van der Waals surface area contributed by atoms with Crippen molar-refractivity contribution < 1.29 is 9.84 Å². The highest BCUT2D eigenvalue weighted by atomic mass is 16.6. The van der Waals surface area contributed by atoms with Crippen molar-refractivity contribution in [3.63, 3.8) is 0 Å². The van der Waals surface area contributed by atoms with Gasteiger partial charge in [-0.15, -0.1) is 0 Å². The Morgan fingerprint density at radius 3 is 3.00 bits per heavy atom. The maximum atomic E-state index is 9.76. The van der Waals surface area contributed by atoms with Crippen LogP contribution in [0.5, 0.6) is 5.75 Å². The van der Waals surface area contributed by atoms with E-state index in [4.69, 9.17) is 10.5 Å². The average molecular weight is 215 g/mol. The highest BCUT2D eigenvalue weighted by Gasteiger charge is 2.25. The van der Waals surface area contributed by atoms with Crippen molar-refractivity contribution in [2.75, 3.05) is 5.73 Å². The number of nitrogens with two attached hydrogens (primary N) is 1. The zero-order valence-corrected chi connectivity index (χ0v) is 8.29. The van der Waals surface area contributed by atoms with Crippen LogP contribution >= 0.6 is 0 Å². The van der Waals surface area contributed by atoms with Gasteiger partial charge in [0, 0.05) is 11.8 Å². The minimum absolute atomic E-state index is 0.183. The molecule has 0 saturated carbocycles. The molecule has 1 aromatic heterocycles. The lowest BCUT2D eigenvalue weighted by molar-refractivity contribution is -0.0218. The number of ether oxygens (including phenoxy) is 1. The number of anilines is 1. The maximum Gasteiger partial charge on any atom is 0.227 e. The second-order valence-corrected chi connectivity index (χ2v) is 3.50. The van der Waals surface area contributed by atoms with Gasteiger partial charge in [-0.25, -0.2) is 9.97 Å². The van der Waals surface area contributed by atoms with E-state index in [1.165, 1.54) is 6.20 Å². The lowest BCUT2D eigenvalue weighted by atomic mass is 10.0. The SMILES string of the molecule is Nc1ncc2c(n1)-c1ccccc1O[C@H]2O. The molecule has 1 aliphatic heterocycles. The van der Waals surface area contributed by atoms with Gasteiger partial charge in [0.15, 0.2) is 0 Å². The van der Waals surface area contributed by atoms with Gasteiger partial charge < -0.3 is 15.6 Å². The summed E-state index contributed by atoms with van der Waals surface area (Å²) in [5, 5.41) is 9.76. The minimum Gasteiger partial charge on any atom is -0.460 e. The highest BCUT2D eigenvalue weighted by molar-refractivity contribution is 5.72. The molecule has 0 aliphatic carbocycles. The number of nitrogens with zero attached hydrogens (tertiary/aromatic N) is 2. The average Bonchev–Trinajstić information content (AvgIpc) is 2.29. The third kappa shape index (κ3) is 1.22. The molecule has 1 atom stereocenters. The summed E-state index contributed by atoms with van der Waals surface area (Å²) in [4.78, 5) is 7.97. The molecular formula is C11H9N3O2.